The van der Waals surface area contributed by atoms with Gasteiger partial charge < -0.3 is 10.0 Å². The summed E-state index contributed by atoms with van der Waals surface area (Å²) in [7, 11) is 0. The summed E-state index contributed by atoms with van der Waals surface area (Å²) in [6.07, 6.45) is 0.900. The van der Waals surface area contributed by atoms with E-state index in [1.807, 2.05) is 19.9 Å². The van der Waals surface area contributed by atoms with Gasteiger partial charge in [-0.1, -0.05) is 6.92 Å². The molecule has 1 N–H and O–H groups in total. The summed E-state index contributed by atoms with van der Waals surface area (Å²) in [6, 6.07) is 1.89. The Bertz CT molecular complexity index is 339. The van der Waals surface area contributed by atoms with Crippen molar-refractivity contribution in [3.05, 3.63) is 20.3 Å². The fourth-order valence-corrected chi connectivity index (χ4v) is 2.93. The highest BCUT2D eigenvalue weighted by molar-refractivity contribution is 9.11. The van der Waals surface area contributed by atoms with E-state index in [-0.39, 0.29) is 12.5 Å². The number of aryl methyl sites for hydroxylation is 1. The van der Waals surface area contributed by atoms with Crippen molar-refractivity contribution in [2.75, 3.05) is 19.7 Å². The van der Waals surface area contributed by atoms with Crippen molar-refractivity contribution in [3.63, 3.8) is 0 Å². The second kappa shape index (κ2) is 6.37. The number of aliphatic hydroxyl groups is 1. The Hall–Kier alpha value is -0.390. The van der Waals surface area contributed by atoms with Crippen molar-refractivity contribution in [2.45, 2.75) is 20.3 Å². The first-order valence-electron chi connectivity index (χ1n) is 5.26. The van der Waals surface area contributed by atoms with Crippen LogP contribution in [0.2, 0.25) is 0 Å². The molecule has 3 nitrogen and oxygen atoms in total. The second-order valence-electron chi connectivity index (χ2n) is 3.58. The Balaban J connectivity index is 2.81. The Morgan fingerprint density at radius 3 is 2.69 bits per heavy atom. The third-order valence-electron chi connectivity index (χ3n) is 2.22. The zero-order chi connectivity index (χ0) is 12.1. The minimum atomic E-state index is 0.00898. The summed E-state index contributed by atoms with van der Waals surface area (Å²) >= 11 is 4.86. The fraction of sp³-hybridized carbons (Fsp3) is 0.545. The highest BCUT2D eigenvalue weighted by Crippen LogP contribution is 2.28. The Labute approximate surface area is 108 Å². The molecule has 1 aromatic heterocycles. The van der Waals surface area contributed by atoms with Gasteiger partial charge in [-0.2, -0.15) is 0 Å². The van der Waals surface area contributed by atoms with Crippen LogP contribution >= 0.6 is 27.3 Å². The van der Waals surface area contributed by atoms with Crippen LogP contribution in [0.3, 0.4) is 0 Å². The van der Waals surface area contributed by atoms with Crippen LogP contribution in [0.15, 0.2) is 9.85 Å². The normalized spacial score (nSPS) is 10.5. The lowest BCUT2D eigenvalue weighted by atomic mass is 10.3. The van der Waals surface area contributed by atoms with E-state index in [0.717, 1.165) is 20.6 Å². The molecular formula is C11H16BrNO2S. The maximum Gasteiger partial charge on any atom is 0.264 e. The van der Waals surface area contributed by atoms with Crippen LogP contribution in [-0.2, 0) is 0 Å². The molecule has 90 valence electrons. The number of hydrogen-bond acceptors (Lipinski definition) is 3. The Morgan fingerprint density at radius 1 is 1.56 bits per heavy atom. The van der Waals surface area contributed by atoms with E-state index >= 15 is 0 Å². The second-order valence-corrected chi connectivity index (χ2v) is 5.95. The Kier molecular flexibility index (Phi) is 5.44. The monoisotopic (exact) mass is 305 g/mol. The van der Waals surface area contributed by atoms with Crippen LogP contribution in [0, 0.1) is 6.92 Å². The van der Waals surface area contributed by atoms with Crippen molar-refractivity contribution in [2.24, 2.45) is 0 Å². The quantitative estimate of drug-likeness (QED) is 0.908. The third-order valence-corrected chi connectivity index (χ3v) is 4.34. The highest BCUT2D eigenvalue weighted by atomic mass is 79.9. The number of carbonyl (C=O) groups is 1. The first-order chi connectivity index (χ1) is 7.60. The summed E-state index contributed by atoms with van der Waals surface area (Å²) in [6.45, 7) is 5.09. The van der Waals surface area contributed by atoms with Crippen LogP contribution in [-0.4, -0.2) is 35.6 Å². The van der Waals surface area contributed by atoms with E-state index < -0.39 is 0 Å². The van der Waals surface area contributed by atoms with Gasteiger partial charge in [-0.05, 0) is 40.9 Å². The topological polar surface area (TPSA) is 40.5 Å². The van der Waals surface area contributed by atoms with Crippen molar-refractivity contribution in [1.82, 2.24) is 4.90 Å². The van der Waals surface area contributed by atoms with Crippen LogP contribution in [0.4, 0.5) is 0 Å². The maximum absolute atomic E-state index is 12.1. The number of hydrogen-bond donors (Lipinski definition) is 1. The lowest BCUT2D eigenvalue weighted by molar-refractivity contribution is 0.0727. The van der Waals surface area contributed by atoms with Gasteiger partial charge in [0, 0.05) is 13.1 Å². The fourth-order valence-electron chi connectivity index (χ4n) is 1.43. The lowest BCUT2D eigenvalue weighted by Gasteiger charge is -2.19. The lowest BCUT2D eigenvalue weighted by Crippen LogP contribution is -2.33. The van der Waals surface area contributed by atoms with Gasteiger partial charge in [0.2, 0.25) is 0 Å². The largest absolute Gasteiger partial charge is 0.395 e. The van der Waals surface area contributed by atoms with Crippen molar-refractivity contribution in [1.29, 1.82) is 0 Å². The summed E-state index contributed by atoms with van der Waals surface area (Å²) in [5.74, 6) is 0.00898. The average Bonchev–Trinajstić information content (AvgIpc) is 2.58. The molecule has 0 saturated carbocycles. The first kappa shape index (κ1) is 13.7. The van der Waals surface area contributed by atoms with Gasteiger partial charge in [0.15, 0.2) is 0 Å². The van der Waals surface area contributed by atoms with Gasteiger partial charge in [-0.3, -0.25) is 4.79 Å². The predicted octanol–water partition coefficient (Wildman–Crippen LogP) is 2.66. The van der Waals surface area contributed by atoms with E-state index in [1.54, 1.807) is 4.90 Å². The predicted molar refractivity (Wildman–Crippen MR) is 70.0 cm³/mol. The number of nitrogens with zero attached hydrogens (tertiary/aromatic N) is 1. The van der Waals surface area contributed by atoms with Crippen molar-refractivity contribution < 1.29 is 9.90 Å². The molecule has 5 heteroatoms. The first-order valence-corrected chi connectivity index (χ1v) is 6.87. The highest BCUT2D eigenvalue weighted by Gasteiger charge is 2.17. The zero-order valence-corrected chi connectivity index (χ0v) is 11.9. The number of rotatable bonds is 5. The van der Waals surface area contributed by atoms with Crippen LogP contribution in [0.25, 0.3) is 0 Å². The molecule has 0 aromatic carbocycles. The number of halogens is 1. The maximum atomic E-state index is 12.1. The molecule has 0 aliphatic heterocycles. The Morgan fingerprint density at radius 2 is 2.25 bits per heavy atom. The molecule has 1 aromatic rings. The molecule has 0 spiro atoms. The van der Waals surface area contributed by atoms with Crippen LogP contribution in [0.5, 0.6) is 0 Å². The van der Waals surface area contributed by atoms with Gasteiger partial charge in [-0.15, -0.1) is 11.3 Å². The smallest absolute Gasteiger partial charge is 0.264 e. The van der Waals surface area contributed by atoms with Gasteiger partial charge >= 0.3 is 0 Å². The summed E-state index contributed by atoms with van der Waals surface area (Å²) in [5, 5.41) is 8.92. The molecule has 0 radical (unpaired) electrons. The molecule has 1 amide bonds. The summed E-state index contributed by atoms with van der Waals surface area (Å²) < 4.78 is 0.997. The van der Waals surface area contributed by atoms with E-state index in [0.29, 0.717) is 13.1 Å². The number of thiophene rings is 1. The van der Waals surface area contributed by atoms with Crippen molar-refractivity contribution in [3.8, 4) is 0 Å². The number of amides is 1. The molecule has 0 unspecified atom stereocenters. The zero-order valence-electron chi connectivity index (χ0n) is 9.49. The molecule has 1 heterocycles. The minimum absolute atomic E-state index is 0.00898. The molecular weight excluding hydrogens is 290 g/mol. The molecule has 16 heavy (non-hydrogen) atoms. The average molecular weight is 306 g/mol. The van der Waals surface area contributed by atoms with Crippen LogP contribution in [0.1, 0.15) is 28.6 Å². The van der Waals surface area contributed by atoms with Crippen molar-refractivity contribution >= 4 is 33.2 Å². The van der Waals surface area contributed by atoms with E-state index in [9.17, 15) is 4.79 Å². The molecule has 0 bridgehead atoms. The van der Waals surface area contributed by atoms with Gasteiger partial charge in [-0.25, -0.2) is 0 Å². The number of aliphatic hydroxyl groups excluding tert-OH is 1. The third kappa shape index (κ3) is 3.30. The summed E-state index contributed by atoms with van der Waals surface area (Å²) in [4.78, 5) is 14.5. The number of carbonyl (C=O) groups excluding carboxylic acids is 1. The van der Waals surface area contributed by atoms with Crippen LogP contribution < -0.4 is 0 Å². The van der Waals surface area contributed by atoms with Gasteiger partial charge in [0.1, 0.15) is 0 Å². The van der Waals surface area contributed by atoms with Gasteiger partial charge in [0.25, 0.3) is 5.91 Å². The molecule has 0 aliphatic rings. The van der Waals surface area contributed by atoms with E-state index in [2.05, 4.69) is 15.9 Å². The molecule has 0 saturated heterocycles. The minimum Gasteiger partial charge on any atom is -0.395 e. The molecule has 1 rings (SSSR count). The molecule has 0 fully saturated rings. The SMILES string of the molecule is CCCN(CCO)C(=O)c1cc(C)c(Br)s1. The van der Waals surface area contributed by atoms with E-state index in [1.165, 1.54) is 11.3 Å². The van der Waals surface area contributed by atoms with Gasteiger partial charge in [0.05, 0.1) is 15.3 Å². The van der Waals surface area contributed by atoms with E-state index in [4.69, 9.17) is 5.11 Å². The molecule has 0 aliphatic carbocycles. The molecule has 0 atom stereocenters. The standard InChI is InChI=1S/C11H16BrNO2S/c1-3-4-13(5-6-14)11(15)9-7-8(2)10(12)16-9/h7,14H,3-6H2,1-2H3. The summed E-state index contributed by atoms with van der Waals surface area (Å²) in [5.41, 5.74) is 1.08.